The third-order valence-electron chi connectivity index (χ3n) is 1.60. The summed E-state index contributed by atoms with van der Waals surface area (Å²) in [6, 6.07) is 0. The number of nitrogens with two attached hydrogens (primary N) is 1. The number of amides is 2. The van der Waals surface area contributed by atoms with Crippen molar-refractivity contribution in [1.29, 1.82) is 0 Å². The van der Waals surface area contributed by atoms with E-state index in [0.717, 1.165) is 0 Å². The van der Waals surface area contributed by atoms with Crippen LogP contribution in [-0.2, 0) is 4.74 Å². The zero-order valence-electron chi connectivity index (χ0n) is 8.61. The fraction of sp³-hybridized carbons (Fsp3) is 0.750. The number of carbonyl (C=O) groups excluding carboxylic acids is 1. The summed E-state index contributed by atoms with van der Waals surface area (Å²) in [6.45, 7) is 5.35. The molecule has 0 unspecified atom stereocenters. The predicted octanol–water partition coefficient (Wildman–Crippen LogP) is 0.860. The smallest absolute Gasteiger partial charge is 0.407 e. The second-order valence-corrected chi connectivity index (χ2v) is 3.77. The monoisotopic (exact) mass is 204 g/mol. The molecule has 6 nitrogen and oxygen atoms in total. The lowest BCUT2D eigenvalue weighted by molar-refractivity contribution is 0.0783. The standard InChI is InChI=1S/C8H16N2O4/c1-8(2,3)10(7(12)13)4-5-14-6(9)11/h4-5H2,1-3H3,(H2,9,11)(H,12,13). The number of carboxylic acid groups (broad SMARTS) is 1. The van der Waals surface area contributed by atoms with E-state index in [4.69, 9.17) is 10.8 Å². The SMILES string of the molecule is CC(C)(C)N(CCOC(N)=O)C(=O)O. The maximum absolute atomic E-state index is 10.8. The summed E-state index contributed by atoms with van der Waals surface area (Å²) >= 11 is 0. The molecule has 0 radical (unpaired) electrons. The third kappa shape index (κ3) is 4.54. The highest BCUT2D eigenvalue weighted by atomic mass is 16.5. The summed E-state index contributed by atoms with van der Waals surface area (Å²) in [7, 11) is 0. The maximum atomic E-state index is 10.8. The average Bonchev–Trinajstić information content (AvgIpc) is 1.94. The van der Waals surface area contributed by atoms with Crippen molar-refractivity contribution in [2.24, 2.45) is 5.73 Å². The van der Waals surface area contributed by atoms with E-state index in [1.165, 1.54) is 4.90 Å². The van der Waals surface area contributed by atoms with Gasteiger partial charge in [-0.15, -0.1) is 0 Å². The minimum Gasteiger partial charge on any atom is -0.465 e. The molecular weight excluding hydrogens is 188 g/mol. The molecule has 0 rings (SSSR count). The summed E-state index contributed by atoms with van der Waals surface area (Å²) < 4.78 is 4.45. The Balaban J connectivity index is 4.13. The van der Waals surface area contributed by atoms with Gasteiger partial charge in [0.25, 0.3) is 0 Å². The van der Waals surface area contributed by atoms with E-state index in [9.17, 15) is 9.59 Å². The van der Waals surface area contributed by atoms with Crippen molar-refractivity contribution in [2.45, 2.75) is 26.3 Å². The van der Waals surface area contributed by atoms with E-state index in [1.807, 2.05) is 0 Å². The van der Waals surface area contributed by atoms with Crippen LogP contribution in [0.2, 0.25) is 0 Å². The van der Waals surface area contributed by atoms with Gasteiger partial charge >= 0.3 is 12.2 Å². The van der Waals surface area contributed by atoms with Crippen LogP contribution < -0.4 is 5.73 Å². The van der Waals surface area contributed by atoms with Gasteiger partial charge in [-0.3, -0.25) is 0 Å². The number of hydrogen-bond donors (Lipinski definition) is 2. The fourth-order valence-electron chi connectivity index (χ4n) is 0.956. The van der Waals surface area contributed by atoms with Gasteiger partial charge in [-0.05, 0) is 20.8 Å². The summed E-state index contributed by atoms with van der Waals surface area (Å²) in [4.78, 5) is 22.2. The van der Waals surface area contributed by atoms with Crippen LogP contribution in [-0.4, -0.2) is 40.9 Å². The fourth-order valence-corrected chi connectivity index (χ4v) is 0.956. The zero-order chi connectivity index (χ0) is 11.4. The quantitative estimate of drug-likeness (QED) is 0.713. The number of nitrogens with zero attached hydrogens (tertiary/aromatic N) is 1. The Bertz CT molecular complexity index is 222. The van der Waals surface area contributed by atoms with Crippen molar-refractivity contribution in [3.05, 3.63) is 0 Å². The Morgan fingerprint density at radius 2 is 1.93 bits per heavy atom. The minimum absolute atomic E-state index is 0.0289. The summed E-state index contributed by atoms with van der Waals surface area (Å²) in [6.07, 6.45) is -1.95. The van der Waals surface area contributed by atoms with E-state index >= 15 is 0 Å². The molecule has 2 amide bonds. The van der Waals surface area contributed by atoms with Gasteiger partial charge in [0, 0.05) is 5.54 Å². The second kappa shape index (κ2) is 4.69. The molecule has 0 heterocycles. The molecule has 0 fully saturated rings. The van der Waals surface area contributed by atoms with Crippen LogP contribution in [0.1, 0.15) is 20.8 Å². The molecule has 0 aromatic heterocycles. The van der Waals surface area contributed by atoms with Crippen molar-refractivity contribution >= 4 is 12.2 Å². The molecule has 0 aromatic rings. The van der Waals surface area contributed by atoms with E-state index < -0.39 is 17.7 Å². The van der Waals surface area contributed by atoms with Crippen LogP contribution in [0.25, 0.3) is 0 Å². The Labute approximate surface area is 82.6 Å². The minimum atomic E-state index is -1.05. The molecule has 14 heavy (non-hydrogen) atoms. The van der Waals surface area contributed by atoms with Crippen molar-refractivity contribution < 1.29 is 19.4 Å². The first kappa shape index (κ1) is 12.5. The summed E-state index contributed by atoms with van der Waals surface area (Å²) in [5.74, 6) is 0. The van der Waals surface area contributed by atoms with Crippen LogP contribution in [0.5, 0.6) is 0 Å². The Kier molecular flexibility index (Phi) is 4.20. The second-order valence-electron chi connectivity index (χ2n) is 3.77. The molecule has 3 N–H and O–H groups in total. The van der Waals surface area contributed by atoms with E-state index in [1.54, 1.807) is 20.8 Å². The number of carbonyl (C=O) groups is 2. The van der Waals surface area contributed by atoms with Crippen molar-refractivity contribution in [1.82, 2.24) is 4.90 Å². The Morgan fingerprint density at radius 1 is 1.43 bits per heavy atom. The largest absolute Gasteiger partial charge is 0.465 e. The van der Waals surface area contributed by atoms with Crippen LogP contribution in [0.4, 0.5) is 9.59 Å². The number of hydrogen-bond acceptors (Lipinski definition) is 3. The van der Waals surface area contributed by atoms with Crippen molar-refractivity contribution in [2.75, 3.05) is 13.2 Å². The normalized spacial score (nSPS) is 10.8. The molecule has 0 atom stereocenters. The first-order valence-electron chi connectivity index (χ1n) is 4.18. The van der Waals surface area contributed by atoms with Gasteiger partial charge in [0.05, 0.1) is 6.54 Å². The van der Waals surface area contributed by atoms with E-state index in [-0.39, 0.29) is 13.2 Å². The molecule has 82 valence electrons. The summed E-state index contributed by atoms with van der Waals surface area (Å²) in [5, 5.41) is 8.83. The maximum Gasteiger partial charge on any atom is 0.407 e. The average molecular weight is 204 g/mol. The van der Waals surface area contributed by atoms with Crippen LogP contribution in [0, 0.1) is 0 Å². The first-order chi connectivity index (χ1) is 6.25. The lowest BCUT2D eigenvalue weighted by atomic mass is 10.1. The molecule has 0 aliphatic carbocycles. The molecule has 0 saturated heterocycles. The molecule has 0 aromatic carbocycles. The van der Waals surface area contributed by atoms with Gasteiger partial charge in [-0.1, -0.05) is 0 Å². The third-order valence-corrected chi connectivity index (χ3v) is 1.60. The van der Waals surface area contributed by atoms with Gasteiger partial charge in [0.2, 0.25) is 0 Å². The lowest BCUT2D eigenvalue weighted by Crippen LogP contribution is -2.46. The van der Waals surface area contributed by atoms with E-state index in [0.29, 0.717) is 0 Å². The highest BCUT2D eigenvalue weighted by Gasteiger charge is 2.25. The molecule has 0 spiro atoms. The molecule has 0 saturated carbocycles. The molecule has 0 bridgehead atoms. The Morgan fingerprint density at radius 3 is 2.21 bits per heavy atom. The van der Waals surface area contributed by atoms with E-state index in [2.05, 4.69) is 4.74 Å². The van der Waals surface area contributed by atoms with Crippen molar-refractivity contribution in [3.63, 3.8) is 0 Å². The Hall–Kier alpha value is -1.46. The van der Waals surface area contributed by atoms with Gasteiger partial charge in [0.15, 0.2) is 0 Å². The highest BCUT2D eigenvalue weighted by molar-refractivity contribution is 5.66. The van der Waals surface area contributed by atoms with Gasteiger partial charge in [-0.2, -0.15) is 0 Å². The lowest BCUT2D eigenvalue weighted by Gasteiger charge is -2.32. The van der Waals surface area contributed by atoms with Gasteiger partial charge < -0.3 is 20.5 Å². The first-order valence-corrected chi connectivity index (χ1v) is 4.18. The number of primary amides is 1. The predicted molar refractivity (Wildman–Crippen MR) is 50.0 cm³/mol. The molecule has 6 heteroatoms. The molecular formula is C8H16N2O4. The van der Waals surface area contributed by atoms with Gasteiger partial charge in [-0.25, -0.2) is 9.59 Å². The topological polar surface area (TPSA) is 92.9 Å². The van der Waals surface area contributed by atoms with Crippen LogP contribution in [0.3, 0.4) is 0 Å². The number of ether oxygens (including phenoxy) is 1. The highest BCUT2D eigenvalue weighted by Crippen LogP contribution is 2.12. The molecule has 0 aliphatic heterocycles. The van der Waals surface area contributed by atoms with Crippen molar-refractivity contribution in [3.8, 4) is 0 Å². The number of rotatable bonds is 3. The van der Waals surface area contributed by atoms with Gasteiger partial charge in [0.1, 0.15) is 6.61 Å². The zero-order valence-corrected chi connectivity index (χ0v) is 8.61. The van der Waals surface area contributed by atoms with Crippen LogP contribution in [0.15, 0.2) is 0 Å². The van der Waals surface area contributed by atoms with Crippen LogP contribution >= 0.6 is 0 Å². The summed E-state index contributed by atoms with van der Waals surface area (Å²) in [5.41, 5.74) is 4.22. The molecule has 0 aliphatic rings.